The van der Waals surface area contributed by atoms with E-state index in [0.29, 0.717) is 24.9 Å². The Balaban J connectivity index is 1.48. The lowest BCUT2D eigenvalue weighted by Gasteiger charge is -2.65. The number of ether oxygens (including phenoxy) is 1. The molecule has 10 atom stereocenters. The standard InChI is InChI=1S/C23H36O5/c1-21-7-5-15(24)10-14(21)3-4-17-18(21)11-19(25)22(2)16(6-8-23(17,22)27)13-9-20(26)28-12-13/h13-19,24-25,27H,3-12H2,1-2H3/t13?,14-,15-,16-,17-,18+,19-,21+,22+,23+/m1/s1. The molecule has 3 N–H and O–H groups in total. The second kappa shape index (κ2) is 6.18. The number of carbonyl (C=O) groups excluding carboxylic acids is 1. The van der Waals surface area contributed by atoms with E-state index in [1.54, 1.807) is 0 Å². The minimum atomic E-state index is -0.865. The summed E-state index contributed by atoms with van der Waals surface area (Å²) in [6.45, 7) is 4.89. The van der Waals surface area contributed by atoms with Crippen LogP contribution in [0.2, 0.25) is 0 Å². The molecule has 5 rings (SSSR count). The predicted molar refractivity (Wildman–Crippen MR) is 103 cm³/mol. The molecule has 5 nitrogen and oxygen atoms in total. The van der Waals surface area contributed by atoms with Crippen molar-refractivity contribution in [2.24, 2.45) is 40.4 Å². The average Bonchev–Trinajstić information content (AvgIpc) is 3.19. The number of hydrogen-bond donors (Lipinski definition) is 3. The summed E-state index contributed by atoms with van der Waals surface area (Å²) in [4.78, 5) is 11.7. The quantitative estimate of drug-likeness (QED) is 0.597. The number of fused-ring (bicyclic) bond motifs is 5. The molecule has 1 aliphatic heterocycles. The molecule has 0 aromatic heterocycles. The maximum atomic E-state index is 12.2. The first-order chi connectivity index (χ1) is 13.2. The molecule has 158 valence electrons. The van der Waals surface area contributed by atoms with Gasteiger partial charge in [-0.15, -0.1) is 0 Å². The fourth-order valence-electron chi connectivity index (χ4n) is 8.77. The highest BCUT2D eigenvalue weighted by Gasteiger charge is 2.71. The van der Waals surface area contributed by atoms with Crippen LogP contribution in [0.1, 0.15) is 71.6 Å². The summed E-state index contributed by atoms with van der Waals surface area (Å²) < 4.78 is 5.25. The van der Waals surface area contributed by atoms with Gasteiger partial charge in [-0.05, 0) is 80.5 Å². The first-order valence-electron chi connectivity index (χ1n) is 11.4. The van der Waals surface area contributed by atoms with E-state index < -0.39 is 17.1 Å². The number of rotatable bonds is 1. The second-order valence-corrected chi connectivity index (χ2v) is 11.2. The Bertz CT molecular complexity index is 665. The van der Waals surface area contributed by atoms with Crippen LogP contribution >= 0.6 is 0 Å². The molecule has 0 bridgehead atoms. The molecular formula is C23H36O5. The van der Waals surface area contributed by atoms with Crippen molar-refractivity contribution in [1.82, 2.24) is 0 Å². The Morgan fingerprint density at radius 2 is 1.75 bits per heavy atom. The molecule has 0 radical (unpaired) electrons. The molecule has 1 saturated heterocycles. The molecule has 0 aromatic rings. The Labute approximate surface area is 167 Å². The second-order valence-electron chi connectivity index (χ2n) is 11.2. The van der Waals surface area contributed by atoms with Crippen molar-refractivity contribution in [3.05, 3.63) is 0 Å². The van der Waals surface area contributed by atoms with Gasteiger partial charge in [0.25, 0.3) is 0 Å². The highest BCUT2D eigenvalue weighted by Crippen LogP contribution is 2.70. The fourth-order valence-corrected chi connectivity index (χ4v) is 8.77. The van der Waals surface area contributed by atoms with Gasteiger partial charge in [-0.3, -0.25) is 4.79 Å². The molecule has 1 heterocycles. The van der Waals surface area contributed by atoms with Crippen LogP contribution in [-0.2, 0) is 9.53 Å². The van der Waals surface area contributed by atoms with Gasteiger partial charge in [0, 0.05) is 11.3 Å². The topological polar surface area (TPSA) is 87.0 Å². The molecular weight excluding hydrogens is 356 g/mol. The van der Waals surface area contributed by atoms with Gasteiger partial charge in [-0.25, -0.2) is 0 Å². The number of hydrogen-bond acceptors (Lipinski definition) is 5. The van der Waals surface area contributed by atoms with Crippen LogP contribution in [0.15, 0.2) is 0 Å². The number of esters is 1. The summed E-state index contributed by atoms with van der Waals surface area (Å²) in [6, 6.07) is 0. The summed E-state index contributed by atoms with van der Waals surface area (Å²) in [5, 5.41) is 33.8. The van der Waals surface area contributed by atoms with Gasteiger partial charge in [0.2, 0.25) is 0 Å². The van der Waals surface area contributed by atoms with E-state index in [0.717, 1.165) is 51.4 Å². The van der Waals surface area contributed by atoms with Gasteiger partial charge >= 0.3 is 5.97 Å². The van der Waals surface area contributed by atoms with Crippen molar-refractivity contribution in [2.45, 2.75) is 89.4 Å². The fraction of sp³-hybridized carbons (Fsp3) is 0.957. The van der Waals surface area contributed by atoms with Gasteiger partial charge in [0.05, 0.1) is 30.8 Å². The SMILES string of the molecule is C[C@]12CC[C@@H](O)C[C@H]1CC[C@@H]1[C@@H]2C[C@@H](O)[C@]2(C)[C@@H](C3COC(=O)C3)CC[C@]12O. The molecule has 0 aromatic carbocycles. The lowest BCUT2D eigenvalue weighted by atomic mass is 9.42. The van der Waals surface area contributed by atoms with E-state index in [4.69, 9.17) is 4.74 Å². The van der Waals surface area contributed by atoms with Crippen molar-refractivity contribution >= 4 is 5.97 Å². The lowest BCUT2D eigenvalue weighted by molar-refractivity contribution is -0.250. The molecule has 4 saturated carbocycles. The Morgan fingerprint density at radius 3 is 2.46 bits per heavy atom. The number of aliphatic hydroxyl groups excluding tert-OH is 2. The average molecular weight is 393 g/mol. The largest absolute Gasteiger partial charge is 0.465 e. The number of aliphatic hydroxyl groups is 3. The molecule has 28 heavy (non-hydrogen) atoms. The molecule has 5 heteroatoms. The van der Waals surface area contributed by atoms with Gasteiger partial charge in [0.1, 0.15) is 0 Å². The smallest absolute Gasteiger partial charge is 0.306 e. The minimum Gasteiger partial charge on any atom is -0.465 e. The summed E-state index contributed by atoms with van der Waals surface area (Å²) in [5.74, 6) is 1.14. The maximum Gasteiger partial charge on any atom is 0.306 e. The highest BCUT2D eigenvalue weighted by atomic mass is 16.5. The molecule has 5 aliphatic rings. The van der Waals surface area contributed by atoms with Crippen molar-refractivity contribution in [2.75, 3.05) is 6.61 Å². The van der Waals surface area contributed by atoms with E-state index in [1.807, 2.05) is 0 Å². The maximum absolute atomic E-state index is 12.2. The summed E-state index contributed by atoms with van der Waals surface area (Å²) in [5.41, 5.74) is -1.33. The first kappa shape index (κ1) is 19.3. The van der Waals surface area contributed by atoms with E-state index in [9.17, 15) is 20.1 Å². The van der Waals surface area contributed by atoms with Crippen molar-refractivity contribution in [3.8, 4) is 0 Å². The summed E-state index contributed by atoms with van der Waals surface area (Å²) in [7, 11) is 0. The Kier molecular flexibility index (Phi) is 4.26. The summed E-state index contributed by atoms with van der Waals surface area (Å²) in [6.07, 6.45) is 6.78. The summed E-state index contributed by atoms with van der Waals surface area (Å²) >= 11 is 0. The van der Waals surface area contributed by atoms with Crippen LogP contribution in [0, 0.1) is 40.4 Å². The van der Waals surface area contributed by atoms with E-state index in [2.05, 4.69) is 13.8 Å². The van der Waals surface area contributed by atoms with Crippen LogP contribution in [0.25, 0.3) is 0 Å². The first-order valence-corrected chi connectivity index (χ1v) is 11.4. The highest BCUT2D eigenvalue weighted by molar-refractivity contribution is 5.71. The third kappa shape index (κ3) is 2.33. The molecule has 0 amide bonds. The number of cyclic esters (lactones) is 1. The van der Waals surface area contributed by atoms with E-state index >= 15 is 0 Å². The van der Waals surface area contributed by atoms with Crippen LogP contribution in [0.3, 0.4) is 0 Å². The van der Waals surface area contributed by atoms with Crippen molar-refractivity contribution < 1.29 is 24.9 Å². The number of carbonyl (C=O) groups is 1. The third-order valence-electron chi connectivity index (χ3n) is 10.4. The Hall–Kier alpha value is -0.650. The normalized spacial score (nSPS) is 58.6. The van der Waals surface area contributed by atoms with Crippen molar-refractivity contribution in [1.29, 1.82) is 0 Å². The van der Waals surface area contributed by atoms with Crippen LogP contribution in [0.5, 0.6) is 0 Å². The minimum absolute atomic E-state index is 0.102. The predicted octanol–water partition coefficient (Wildman–Crippen LogP) is 2.66. The molecule has 5 fully saturated rings. The third-order valence-corrected chi connectivity index (χ3v) is 10.4. The monoisotopic (exact) mass is 392 g/mol. The van der Waals surface area contributed by atoms with E-state index in [1.165, 1.54) is 0 Å². The molecule has 4 aliphatic carbocycles. The molecule has 1 unspecified atom stereocenters. The van der Waals surface area contributed by atoms with Crippen LogP contribution in [0.4, 0.5) is 0 Å². The van der Waals surface area contributed by atoms with Gasteiger partial charge in [-0.1, -0.05) is 13.8 Å². The zero-order valence-corrected chi connectivity index (χ0v) is 17.3. The van der Waals surface area contributed by atoms with Crippen LogP contribution in [-0.4, -0.2) is 45.7 Å². The Morgan fingerprint density at radius 1 is 0.964 bits per heavy atom. The van der Waals surface area contributed by atoms with Crippen molar-refractivity contribution in [3.63, 3.8) is 0 Å². The van der Waals surface area contributed by atoms with E-state index in [-0.39, 0.29) is 35.2 Å². The van der Waals surface area contributed by atoms with Gasteiger partial charge < -0.3 is 20.1 Å². The zero-order valence-electron chi connectivity index (χ0n) is 17.3. The molecule has 0 spiro atoms. The lowest BCUT2D eigenvalue weighted by Crippen LogP contribution is -2.67. The van der Waals surface area contributed by atoms with Gasteiger partial charge in [-0.2, -0.15) is 0 Å². The zero-order chi connectivity index (χ0) is 19.9. The van der Waals surface area contributed by atoms with Crippen LogP contribution < -0.4 is 0 Å². The van der Waals surface area contributed by atoms with Gasteiger partial charge in [0.15, 0.2) is 0 Å².